The number of rotatable bonds is 3. The molecule has 0 aromatic heterocycles. The quantitative estimate of drug-likeness (QED) is 0.914. The van der Waals surface area contributed by atoms with Crippen LogP contribution in [0.25, 0.3) is 0 Å². The molecular formula is C18H27N3O. The van der Waals surface area contributed by atoms with Crippen molar-refractivity contribution < 1.29 is 4.79 Å². The average molecular weight is 301 g/mol. The van der Waals surface area contributed by atoms with Crippen LogP contribution in [0, 0.1) is 0 Å². The molecule has 0 radical (unpaired) electrons. The second-order valence-corrected chi connectivity index (χ2v) is 6.71. The van der Waals surface area contributed by atoms with Crippen LogP contribution in [0.3, 0.4) is 0 Å². The molecule has 4 heteroatoms. The molecule has 0 unspecified atom stereocenters. The van der Waals surface area contributed by atoms with Crippen LogP contribution >= 0.6 is 0 Å². The van der Waals surface area contributed by atoms with E-state index in [2.05, 4.69) is 46.4 Å². The van der Waals surface area contributed by atoms with Crippen LogP contribution in [0.2, 0.25) is 0 Å². The van der Waals surface area contributed by atoms with E-state index in [9.17, 15) is 4.79 Å². The first-order valence-electron chi connectivity index (χ1n) is 8.48. The molecule has 120 valence electrons. The van der Waals surface area contributed by atoms with Gasteiger partial charge in [-0.2, -0.15) is 0 Å². The lowest BCUT2D eigenvalue weighted by Crippen LogP contribution is -2.45. The summed E-state index contributed by atoms with van der Waals surface area (Å²) >= 11 is 0. The Bertz CT molecular complexity index is 517. The Labute approximate surface area is 133 Å². The minimum Gasteiger partial charge on any atom is -0.352 e. The SMILES string of the molecule is CN1CCCN(CC(=O)N[C@H]2CCc3ccccc3C2)CC1. The van der Waals surface area contributed by atoms with E-state index in [1.54, 1.807) is 0 Å². The molecule has 1 aromatic rings. The van der Waals surface area contributed by atoms with Crippen molar-refractivity contribution >= 4 is 5.91 Å². The molecule has 1 amide bonds. The zero-order valence-corrected chi connectivity index (χ0v) is 13.6. The lowest BCUT2D eigenvalue weighted by Gasteiger charge is -2.27. The number of hydrogen-bond donors (Lipinski definition) is 1. The predicted octanol–water partition coefficient (Wildman–Crippen LogP) is 1.30. The fourth-order valence-corrected chi connectivity index (χ4v) is 3.56. The number of nitrogens with one attached hydrogen (secondary N) is 1. The van der Waals surface area contributed by atoms with Crippen molar-refractivity contribution in [2.75, 3.05) is 39.8 Å². The highest BCUT2D eigenvalue weighted by atomic mass is 16.2. The Hall–Kier alpha value is -1.39. The predicted molar refractivity (Wildman–Crippen MR) is 89.0 cm³/mol. The van der Waals surface area contributed by atoms with Gasteiger partial charge < -0.3 is 10.2 Å². The van der Waals surface area contributed by atoms with Crippen LogP contribution < -0.4 is 5.32 Å². The number of fused-ring (bicyclic) bond motifs is 1. The van der Waals surface area contributed by atoms with Crippen LogP contribution in [0.1, 0.15) is 24.0 Å². The first kappa shape index (κ1) is 15.5. The van der Waals surface area contributed by atoms with E-state index >= 15 is 0 Å². The van der Waals surface area contributed by atoms with Gasteiger partial charge in [0.25, 0.3) is 0 Å². The molecule has 1 aliphatic carbocycles. The maximum absolute atomic E-state index is 12.3. The van der Waals surface area contributed by atoms with E-state index in [-0.39, 0.29) is 5.91 Å². The third-order valence-corrected chi connectivity index (χ3v) is 4.89. The molecule has 3 rings (SSSR count). The Balaban J connectivity index is 1.48. The Kier molecular flexibility index (Phi) is 5.11. The first-order chi connectivity index (χ1) is 10.7. The molecule has 22 heavy (non-hydrogen) atoms. The summed E-state index contributed by atoms with van der Waals surface area (Å²) in [5.74, 6) is 0.189. The van der Waals surface area contributed by atoms with Crippen molar-refractivity contribution in [3.05, 3.63) is 35.4 Å². The smallest absolute Gasteiger partial charge is 0.234 e. The van der Waals surface area contributed by atoms with Gasteiger partial charge in [0.2, 0.25) is 5.91 Å². The van der Waals surface area contributed by atoms with Gasteiger partial charge in [-0.15, -0.1) is 0 Å². The first-order valence-corrected chi connectivity index (χ1v) is 8.48. The number of aryl methyl sites for hydroxylation is 1. The van der Waals surface area contributed by atoms with E-state index < -0.39 is 0 Å². The van der Waals surface area contributed by atoms with E-state index in [0.29, 0.717) is 12.6 Å². The number of carbonyl (C=O) groups is 1. The lowest BCUT2D eigenvalue weighted by atomic mass is 9.88. The van der Waals surface area contributed by atoms with Crippen LogP contribution in [-0.4, -0.2) is 61.5 Å². The monoisotopic (exact) mass is 301 g/mol. The van der Waals surface area contributed by atoms with Crippen molar-refractivity contribution in [3.63, 3.8) is 0 Å². The molecule has 1 fully saturated rings. The number of benzene rings is 1. The molecule has 2 aliphatic rings. The maximum atomic E-state index is 12.3. The van der Waals surface area contributed by atoms with Gasteiger partial charge in [0.1, 0.15) is 0 Å². The minimum atomic E-state index is 0.189. The fraction of sp³-hybridized carbons (Fsp3) is 0.611. The largest absolute Gasteiger partial charge is 0.352 e. The van der Waals surface area contributed by atoms with Crippen molar-refractivity contribution in [3.8, 4) is 0 Å². The van der Waals surface area contributed by atoms with Crippen molar-refractivity contribution in [2.24, 2.45) is 0 Å². The summed E-state index contributed by atoms with van der Waals surface area (Å²) in [6, 6.07) is 8.90. The van der Waals surface area contributed by atoms with Gasteiger partial charge in [-0.1, -0.05) is 24.3 Å². The molecule has 0 saturated carbocycles. The van der Waals surface area contributed by atoms with Gasteiger partial charge in [-0.25, -0.2) is 0 Å². The zero-order valence-electron chi connectivity index (χ0n) is 13.6. The van der Waals surface area contributed by atoms with Crippen LogP contribution in [-0.2, 0) is 17.6 Å². The average Bonchev–Trinajstić information content (AvgIpc) is 2.72. The van der Waals surface area contributed by atoms with Crippen LogP contribution in [0.5, 0.6) is 0 Å². The van der Waals surface area contributed by atoms with Crippen molar-refractivity contribution in [2.45, 2.75) is 31.7 Å². The molecule has 4 nitrogen and oxygen atoms in total. The summed E-state index contributed by atoms with van der Waals surface area (Å²) in [5.41, 5.74) is 2.85. The van der Waals surface area contributed by atoms with Gasteiger partial charge in [0, 0.05) is 19.1 Å². The van der Waals surface area contributed by atoms with Crippen LogP contribution in [0.15, 0.2) is 24.3 Å². The summed E-state index contributed by atoms with van der Waals surface area (Å²) in [7, 11) is 2.16. The molecule has 1 heterocycles. The standard InChI is InChI=1S/C18H27N3O/c1-20-9-4-10-21(12-11-20)14-18(22)19-17-8-7-15-5-2-3-6-16(15)13-17/h2-3,5-6,17H,4,7-14H2,1H3,(H,19,22)/t17-/m0/s1. The minimum absolute atomic E-state index is 0.189. The highest BCUT2D eigenvalue weighted by molar-refractivity contribution is 5.78. The lowest BCUT2D eigenvalue weighted by molar-refractivity contribution is -0.123. The van der Waals surface area contributed by atoms with Crippen molar-refractivity contribution in [1.82, 2.24) is 15.1 Å². The summed E-state index contributed by atoms with van der Waals surface area (Å²) in [6.45, 7) is 4.77. The van der Waals surface area contributed by atoms with Gasteiger partial charge in [-0.05, 0) is 56.9 Å². The second kappa shape index (κ2) is 7.25. The molecule has 1 aromatic carbocycles. The Morgan fingerprint density at radius 2 is 2.00 bits per heavy atom. The Morgan fingerprint density at radius 3 is 2.86 bits per heavy atom. The summed E-state index contributed by atoms with van der Waals surface area (Å²) in [4.78, 5) is 16.9. The summed E-state index contributed by atoms with van der Waals surface area (Å²) < 4.78 is 0. The molecular weight excluding hydrogens is 274 g/mol. The Morgan fingerprint density at radius 1 is 1.18 bits per heavy atom. The number of likely N-dealkylation sites (N-methyl/N-ethyl adjacent to an activating group) is 1. The maximum Gasteiger partial charge on any atom is 0.234 e. The highest BCUT2D eigenvalue weighted by Crippen LogP contribution is 2.20. The number of amides is 1. The van der Waals surface area contributed by atoms with E-state index in [0.717, 1.165) is 51.9 Å². The molecule has 0 bridgehead atoms. The van der Waals surface area contributed by atoms with Crippen molar-refractivity contribution in [1.29, 1.82) is 0 Å². The van der Waals surface area contributed by atoms with E-state index in [1.807, 2.05) is 0 Å². The number of carbonyl (C=O) groups excluding carboxylic acids is 1. The highest BCUT2D eigenvalue weighted by Gasteiger charge is 2.21. The van der Waals surface area contributed by atoms with Crippen LogP contribution in [0.4, 0.5) is 0 Å². The van der Waals surface area contributed by atoms with Gasteiger partial charge in [0.05, 0.1) is 6.54 Å². The third kappa shape index (κ3) is 4.08. The third-order valence-electron chi connectivity index (χ3n) is 4.89. The van der Waals surface area contributed by atoms with Gasteiger partial charge in [-0.3, -0.25) is 9.69 Å². The fourth-order valence-electron chi connectivity index (χ4n) is 3.56. The van der Waals surface area contributed by atoms with E-state index in [1.165, 1.54) is 11.1 Å². The normalized spacial score (nSPS) is 23.6. The molecule has 1 saturated heterocycles. The van der Waals surface area contributed by atoms with E-state index in [4.69, 9.17) is 0 Å². The molecule has 1 aliphatic heterocycles. The molecule has 1 N–H and O–H groups in total. The topological polar surface area (TPSA) is 35.6 Å². The second-order valence-electron chi connectivity index (χ2n) is 6.71. The molecule has 1 atom stereocenters. The van der Waals surface area contributed by atoms with Gasteiger partial charge >= 0.3 is 0 Å². The summed E-state index contributed by atoms with van der Waals surface area (Å²) in [6.07, 6.45) is 4.27. The number of hydrogen-bond acceptors (Lipinski definition) is 3. The van der Waals surface area contributed by atoms with Gasteiger partial charge in [0.15, 0.2) is 0 Å². The number of nitrogens with zero attached hydrogens (tertiary/aromatic N) is 2. The molecule has 0 spiro atoms. The summed E-state index contributed by atoms with van der Waals surface area (Å²) in [5, 5.41) is 3.24. The zero-order chi connectivity index (χ0) is 15.4.